The minimum atomic E-state index is -0.842. The lowest BCUT2D eigenvalue weighted by Gasteiger charge is -2.14. The number of ether oxygens (including phenoxy) is 1. The first-order valence-electron chi connectivity index (χ1n) is 7.50. The van der Waals surface area contributed by atoms with Crippen molar-refractivity contribution >= 4 is 34.1 Å². The predicted molar refractivity (Wildman–Crippen MR) is 95.1 cm³/mol. The second kappa shape index (κ2) is 6.90. The molecular weight excluding hydrogens is 344 g/mol. The van der Waals surface area contributed by atoms with Crippen LogP contribution in [-0.2, 0) is 4.79 Å². The molecule has 3 rings (SSSR count). The Bertz CT molecular complexity index is 1000. The van der Waals surface area contributed by atoms with Crippen molar-refractivity contribution in [1.29, 1.82) is 0 Å². The molecule has 1 atom stereocenters. The van der Waals surface area contributed by atoms with E-state index < -0.39 is 11.9 Å². The molecule has 0 aliphatic rings. The van der Waals surface area contributed by atoms with Gasteiger partial charge in [-0.3, -0.25) is 9.59 Å². The highest BCUT2D eigenvalue weighted by Gasteiger charge is 2.19. The second-order valence-corrected chi connectivity index (χ2v) is 5.78. The number of rotatable bonds is 4. The summed E-state index contributed by atoms with van der Waals surface area (Å²) in [4.78, 5) is 25.0. The van der Waals surface area contributed by atoms with E-state index in [0.29, 0.717) is 27.4 Å². The van der Waals surface area contributed by atoms with Crippen LogP contribution in [0, 0.1) is 0 Å². The summed E-state index contributed by atoms with van der Waals surface area (Å²) in [7, 11) is 1.51. The molecule has 128 valence electrons. The average Bonchev–Trinajstić information content (AvgIpc) is 2.62. The third kappa shape index (κ3) is 3.32. The molecule has 7 nitrogen and oxygen atoms in total. The molecule has 0 bridgehead atoms. The first-order valence-corrected chi connectivity index (χ1v) is 7.87. The molecule has 2 aromatic carbocycles. The summed E-state index contributed by atoms with van der Waals surface area (Å²) in [5, 5.41) is 11.3. The highest BCUT2D eigenvalue weighted by Crippen LogP contribution is 2.27. The quantitative estimate of drug-likeness (QED) is 0.774. The number of hydrogen-bond donors (Lipinski definition) is 1. The van der Waals surface area contributed by atoms with Gasteiger partial charge >= 0.3 is 0 Å². The maximum Gasteiger partial charge on any atom is 0.278 e. The normalized spacial score (nSPS) is 12.0. The van der Waals surface area contributed by atoms with Crippen LogP contribution in [0.2, 0.25) is 5.02 Å². The first-order chi connectivity index (χ1) is 12.0. The summed E-state index contributed by atoms with van der Waals surface area (Å²) in [6.07, 6.45) is 0. The minimum Gasteiger partial charge on any atom is -0.495 e. The van der Waals surface area contributed by atoms with Gasteiger partial charge in [-0.05, 0) is 37.3 Å². The van der Waals surface area contributed by atoms with Gasteiger partial charge in [0, 0.05) is 5.69 Å². The number of nitrogens with zero attached hydrogens (tertiary/aromatic N) is 3. The van der Waals surface area contributed by atoms with Crippen LogP contribution in [0.25, 0.3) is 10.9 Å². The van der Waals surface area contributed by atoms with Gasteiger partial charge in [-0.2, -0.15) is 4.68 Å². The van der Waals surface area contributed by atoms with Crippen LogP contribution >= 0.6 is 11.6 Å². The van der Waals surface area contributed by atoms with E-state index in [0.717, 1.165) is 4.68 Å². The summed E-state index contributed by atoms with van der Waals surface area (Å²) >= 11 is 6.05. The van der Waals surface area contributed by atoms with Crippen LogP contribution in [0.4, 0.5) is 5.69 Å². The van der Waals surface area contributed by atoms with Gasteiger partial charge in [0.15, 0.2) is 0 Å². The van der Waals surface area contributed by atoms with E-state index in [1.54, 1.807) is 49.4 Å². The fourth-order valence-corrected chi connectivity index (χ4v) is 2.62. The summed E-state index contributed by atoms with van der Waals surface area (Å²) in [5.74, 6) is 0.0947. The molecule has 3 aromatic rings. The largest absolute Gasteiger partial charge is 0.495 e. The van der Waals surface area contributed by atoms with Crippen molar-refractivity contribution in [2.75, 3.05) is 12.4 Å². The number of nitrogens with one attached hydrogen (secondary N) is 1. The Balaban J connectivity index is 1.87. The van der Waals surface area contributed by atoms with Crippen LogP contribution in [0.3, 0.4) is 0 Å². The SMILES string of the molecule is COc1ccc(NC(=O)[C@H](C)n2nnc3ccccc3c2=O)cc1Cl. The molecule has 1 heterocycles. The van der Waals surface area contributed by atoms with Gasteiger partial charge in [-0.25, -0.2) is 0 Å². The number of amides is 1. The smallest absolute Gasteiger partial charge is 0.278 e. The fourth-order valence-electron chi connectivity index (χ4n) is 2.36. The highest BCUT2D eigenvalue weighted by atomic mass is 35.5. The number of benzene rings is 2. The molecule has 0 saturated heterocycles. The molecule has 0 spiro atoms. The standard InChI is InChI=1S/C17H15ClN4O3/c1-10(16(23)19-11-7-8-15(25-2)13(18)9-11)22-17(24)12-5-3-4-6-14(12)20-21-22/h3-10H,1-2H3,(H,19,23)/t10-/m0/s1. The monoisotopic (exact) mass is 358 g/mol. The van der Waals surface area contributed by atoms with Gasteiger partial charge in [-0.1, -0.05) is 28.9 Å². The zero-order valence-electron chi connectivity index (χ0n) is 13.6. The van der Waals surface area contributed by atoms with Crippen LogP contribution < -0.4 is 15.6 Å². The summed E-state index contributed by atoms with van der Waals surface area (Å²) in [6, 6.07) is 10.9. The van der Waals surface area contributed by atoms with Crippen molar-refractivity contribution in [3.05, 3.63) is 57.8 Å². The number of carbonyl (C=O) groups excluding carboxylic acids is 1. The van der Waals surface area contributed by atoms with Gasteiger partial charge in [0.25, 0.3) is 5.56 Å². The molecule has 0 aliphatic heterocycles. The zero-order valence-corrected chi connectivity index (χ0v) is 14.3. The molecule has 1 aromatic heterocycles. The molecule has 0 fully saturated rings. The Morgan fingerprint density at radius 2 is 2.04 bits per heavy atom. The Kier molecular flexibility index (Phi) is 4.67. The van der Waals surface area contributed by atoms with Crippen molar-refractivity contribution in [2.45, 2.75) is 13.0 Å². The van der Waals surface area contributed by atoms with E-state index >= 15 is 0 Å². The molecule has 8 heteroatoms. The number of fused-ring (bicyclic) bond motifs is 1. The first kappa shape index (κ1) is 16.9. The van der Waals surface area contributed by atoms with Gasteiger partial charge in [0.1, 0.15) is 17.3 Å². The Hall–Kier alpha value is -2.93. The van der Waals surface area contributed by atoms with Crippen LogP contribution in [0.15, 0.2) is 47.3 Å². The van der Waals surface area contributed by atoms with Gasteiger partial charge in [0.2, 0.25) is 5.91 Å². The third-order valence-electron chi connectivity index (χ3n) is 3.76. The molecule has 0 unspecified atom stereocenters. The highest BCUT2D eigenvalue weighted by molar-refractivity contribution is 6.32. The lowest BCUT2D eigenvalue weighted by Crippen LogP contribution is -2.34. The van der Waals surface area contributed by atoms with Crippen molar-refractivity contribution in [2.24, 2.45) is 0 Å². The lowest BCUT2D eigenvalue weighted by molar-refractivity contribution is -0.119. The van der Waals surface area contributed by atoms with Crippen LogP contribution in [0.1, 0.15) is 13.0 Å². The van der Waals surface area contributed by atoms with Crippen molar-refractivity contribution < 1.29 is 9.53 Å². The third-order valence-corrected chi connectivity index (χ3v) is 4.05. The second-order valence-electron chi connectivity index (χ2n) is 5.37. The molecule has 1 amide bonds. The minimum absolute atomic E-state index is 0.371. The number of aromatic nitrogens is 3. The molecule has 0 aliphatic carbocycles. The molecule has 25 heavy (non-hydrogen) atoms. The average molecular weight is 359 g/mol. The summed E-state index contributed by atoms with van der Waals surface area (Å²) in [5.41, 5.74) is 0.601. The van der Waals surface area contributed by atoms with E-state index in [1.165, 1.54) is 7.11 Å². The lowest BCUT2D eigenvalue weighted by atomic mass is 10.2. The molecular formula is C17H15ClN4O3. The van der Waals surface area contributed by atoms with Gasteiger partial charge in [0.05, 0.1) is 17.5 Å². The van der Waals surface area contributed by atoms with Crippen molar-refractivity contribution in [3.63, 3.8) is 0 Å². The van der Waals surface area contributed by atoms with E-state index in [2.05, 4.69) is 15.6 Å². The van der Waals surface area contributed by atoms with E-state index in [4.69, 9.17) is 16.3 Å². The Labute approximate surface area is 148 Å². The van der Waals surface area contributed by atoms with E-state index in [9.17, 15) is 9.59 Å². The molecule has 1 N–H and O–H groups in total. The maximum absolute atomic E-state index is 12.5. The fraction of sp³-hybridized carbons (Fsp3) is 0.176. The van der Waals surface area contributed by atoms with E-state index in [-0.39, 0.29) is 5.56 Å². The maximum atomic E-state index is 12.5. The number of methoxy groups -OCH3 is 1. The number of anilines is 1. The van der Waals surface area contributed by atoms with Crippen molar-refractivity contribution in [3.8, 4) is 5.75 Å². The Morgan fingerprint density at radius 3 is 2.76 bits per heavy atom. The zero-order chi connectivity index (χ0) is 18.0. The van der Waals surface area contributed by atoms with Gasteiger partial charge in [-0.15, -0.1) is 5.10 Å². The Morgan fingerprint density at radius 1 is 1.28 bits per heavy atom. The number of halogens is 1. The number of hydrogen-bond acceptors (Lipinski definition) is 5. The van der Waals surface area contributed by atoms with Gasteiger partial charge < -0.3 is 10.1 Å². The molecule has 0 radical (unpaired) electrons. The van der Waals surface area contributed by atoms with E-state index in [1.807, 2.05) is 0 Å². The summed E-state index contributed by atoms with van der Waals surface area (Å²) in [6.45, 7) is 1.57. The van der Waals surface area contributed by atoms with Crippen molar-refractivity contribution in [1.82, 2.24) is 15.0 Å². The number of carbonyl (C=O) groups is 1. The topological polar surface area (TPSA) is 86.1 Å². The van der Waals surface area contributed by atoms with Crippen LogP contribution in [-0.4, -0.2) is 28.0 Å². The van der Waals surface area contributed by atoms with Crippen LogP contribution in [0.5, 0.6) is 5.75 Å². The predicted octanol–water partition coefficient (Wildman–Crippen LogP) is 2.65. The molecule has 0 saturated carbocycles. The summed E-state index contributed by atoms with van der Waals surface area (Å²) < 4.78 is 6.13.